The molecule has 2 fully saturated rings. The smallest absolute Gasteiger partial charge is 0.257 e. The van der Waals surface area contributed by atoms with Crippen LogP contribution < -0.4 is 0 Å². The maximum Gasteiger partial charge on any atom is 0.257 e. The van der Waals surface area contributed by atoms with Crippen molar-refractivity contribution in [1.82, 2.24) is 25.0 Å². The molecule has 1 amide bonds. The molecule has 2 aliphatic rings. The number of hydrogen-bond donors (Lipinski definition) is 0. The molecule has 1 saturated heterocycles. The van der Waals surface area contributed by atoms with Crippen LogP contribution in [0.3, 0.4) is 0 Å². The first-order valence-electron chi connectivity index (χ1n) is 8.58. The van der Waals surface area contributed by atoms with Crippen LogP contribution in [0.15, 0.2) is 10.7 Å². The average Bonchev–Trinajstić information content (AvgIpc) is 3.32. The Bertz CT molecular complexity index is 768. The van der Waals surface area contributed by atoms with Crippen molar-refractivity contribution in [3.63, 3.8) is 0 Å². The van der Waals surface area contributed by atoms with Crippen molar-refractivity contribution < 1.29 is 9.32 Å². The molecule has 1 saturated carbocycles. The van der Waals surface area contributed by atoms with Crippen LogP contribution in [-0.4, -0.2) is 37.5 Å². The lowest BCUT2D eigenvalue weighted by Crippen LogP contribution is -2.39. The van der Waals surface area contributed by atoms with Gasteiger partial charge < -0.3 is 9.42 Å². The maximum absolute atomic E-state index is 13.0. The van der Waals surface area contributed by atoms with Crippen LogP contribution in [-0.2, 0) is 0 Å². The van der Waals surface area contributed by atoms with Gasteiger partial charge in [-0.2, -0.15) is 4.98 Å². The number of rotatable bonds is 3. The average molecular weight is 327 g/mol. The van der Waals surface area contributed by atoms with Gasteiger partial charge in [0, 0.05) is 18.7 Å². The molecule has 126 valence electrons. The van der Waals surface area contributed by atoms with Crippen molar-refractivity contribution in [2.45, 2.75) is 57.9 Å². The zero-order valence-corrected chi connectivity index (χ0v) is 14.0. The summed E-state index contributed by atoms with van der Waals surface area (Å²) >= 11 is 0. The van der Waals surface area contributed by atoms with E-state index in [0.29, 0.717) is 35.4 Å². The van der Waals surface area contributed by atoms with Crippen molar-refractivity contribution in [1.29, 1.82) is 0 Å². The molecular formula is C17H21N5O2. The van der Waals surface area contributed by atoms with Crippen LogP contribution in [0.4, 0.5) is 0 Å². The van der Waals surface area contributed by atoms with E-state index in [2.05, 4.69) is 20.1 Å². The minimum atomic E-state index is -0.122. The van der Waals surface area contributed by atoms with E-state index < -0.39 is 0 Å². The molecule has 2 aromatic rings. The van der Waals surface area contributed by atoms with Crippen molar-refractivity contribution in [3.05, 3.63) is 35.0 Å². The van der Waals surface area contributed by atoms with Gasteiger partial charge in [0.2, 0.25) is 5.89 Å². The molecule has 7 nitrogen and oxygen atoms in total. The molecular weight excluding hydrogens is 306 g/mol. The molecule has 1 atom stereocenters. The summed E-state index contributed by atoms with van der Waals surface area (Å²) in [6.07, 6.45) is 6.77. The van der Waals surface area contributed by atoms with Gasteiger partial charge in [0.25, 0.3) is 5.91 Å². The van der Waals surface area contributed by atoms with E-state index in [1.165, 1.54) is 0 Å². The third kappa shape index (κ3) is 2.79. The fourth-order valence-corrected chi connectivity index (χ4v) is 3.27. The number of carbonyl (C=O) groups is 1. The van der Waals surface area contributed by atoms with Crippen LogP contribution in [0.5, 0.6) is 0 Å². The predicted octanol–water partition coefficient (Wildman–Crippen LogP) is 2.72. The molecule has 0 radical (unpaired) electrons. The molecule has 3 heterocycles. The molecule has 2 aromatic heterocycles. The lowest BCUT2D eigenvalue weighted by molar-refractivity contribution is 0.0595. The van der Waals surface area contributed by atoms with Crippen LogP contribution in [0.1, 0.15) is 77.7 Å². The van der Waals surface area contributed by atoms with E-state index >= 15 is 0 Å². The van der Waals surface area contributed by atoms with Gasteiger partial charge in [0.15, 0.2) is 5.82 Å². The van der Waals surface area contributed by atoms with E-state index in [1.807, 2.05) is 18.7 Å². The fraction of sp³-hybridized carbons (Fsp3) is 0.588. The zero-order chi connectivity index (χ0) is 16.7. The standard InChI is InChI=1S/C17H21N5O2/c1-10-13(9-18-11(2)19-10)17(23)22-8-4-3-5-14(22)15-20-16(24-21-15)12-6-7-12/h9,12,14H,3-8H2,1-2H3. The number of amides is 1. The van der Waals surface area contributed by atoms with Crippen molar-refractivity contribution in [2.24, 2.45) is 0 Å². The molecule has 7 heteroatoms. The Morgan fingerprint density at radius 3 is 2.79 bits per heavy atom. The van der Waals surface area contributed by atoms with E-state index in [9.17, 15) is 4.79 Å². The van der Waals surface area contributed by atoms with Gasteiger partial charge in [0.1, 0.15) is 5.82 Å². The van der Waals surface area contributed by atoms with Gasteiger partial charge in [-0.3, -0.25) is 4.79 Å². The Morgan fingerprint density at radius 2 is 2.04 bits per heavy atom. The SMILES string of the molecule is Cc1ncc(C(=O)N2CCCCC2c2noc(C3CC3)n2)c(C)n1. The molecule has 0 spiro atoms. The minimum Gasteiger partial charge on any atom is -0.339 e. The van der Waals surface area contributed by atoms with Crippen molar-refractivity contribution >= 4 is 5.91 Å². The molecule has 4 rings (SSSR count). The summed E-state index contributed by atoms with van der Waals surface area (Å²) in [5.74, 6) is 2.40. The summed E-state index contributed by atoms with van der Waals surface area (Å²) < 4.78 is 5.39. The molecule has 0 N–H and O–H groups in total. The first kappa shape index (κ1) is 15.2. The van der Waals surface area contributed by atoms with Gasteiger partial charge in [-0.15, -0.1) is 0 Å². The Morgan fingerprint density at radius 1 is 1.21 bits per heavy atom. The topological polar surface area (TPSA) is 85.0 Å². The number of piperidine rings is 1. The third-order valence-electron chi connectivity index (χ3n) is 4.78. The number of likely N-dealkylation sites (tertiary alicyclic amines) is 1. The first-order valence-corrected chi connectivity index (χ1v) is 8.58. The van der Waals surface area contributed by atoms with Crippen LogP contribution in [0.2, 0.25) is 0 Å². The minimum absolute atomic E-state index is 0.0463. The fourth-order valence-electron chi connectivity index (χ4n) is 3.27. The highest BCUT2D eigenvalue weighted by molar-refractivity contribution is 5.95. The van der Waals surface area contributed by atoms with Gasteiger partial charge >= 0.3 is 0 Å². The van der Waals surface area contributed by atoms with Gasteiger partial charge in [-0.1, -0.05) is 5.16 Å². The van der Waals surface area contributed by atoms with Crippen LogP contribution in [0.25, 0.3) is 0 Å². The molecule has 0 aromatic carbocycles. The highest BCUT2D eigenvalue weighted by atomic mass is 16.5. The highest BCUT2D eigenvalue weighted by Crippen LogP contribution is 2.40. The van der Waals surface area contributed by atoms with E-state index in [4.69, 9.17) is 4.52 Å². The Kier molecular flexibility index (Phi) is 3.78. The summed E-state index contributed by atoms with van der Waals surface area (Å²) in [6.45, 7) is 4.37. The Labute approximate surface area is 140 Å². The molecule has 1 aliphatic heterocycles. The summed E-state index contributed by atoms with van der Waals surface area (Å²) in [5.41, 5.74) is 1.27. The summed E-state index contributed by atoms with van der Waals surface area (Å²) in [6, 6.07) is -0.122. The zero-order valence-electron chi connectivity index (χ0n) is 14.0. The largest absolute Gasteiger partial charge is 0.339 e. The second-order valence-corrected chi connectivity index (χ2v) is 6.69. The number of hydrogen-bond acceptors (Lipinski definition) is 6. The van der Waals surface area contributed by atoms with Gasteiger partial charge in [-0.05, 0) is 46.0 Å². The first-order chi connectivity index (χ1) is 11.6. The number of carbonyl (C=O) groups excluding carboxylic acids is 1. The number of aromatic nitrogens is 4. The molecule has 0 bridgehead atoms. The summed E-state index contributed by atoms with van der Waals surface area (Å²) in [5, 5.41) is 4.15. The molecule has 1 aliphatic carbocycles. The van der Waals surface area contributed by atoms with E-state index in [1.54, 1.807) is 6.20 Å². The van der Waals surface area contributed by atoms with Gasteiger partial charge in [0.05, 0.1) is 17.3 Å². The maximum atomic E-state index is 13.0. The highest BCUT2D eigenvalue weighted by Gasteiger charge is 2.35. The van der Waals surface area contributed by atoms with Crippen LogP contribution in [0, 0.1) is 13.8 Å². The van der Waals surface area contributed by atoms with Crippen molar-refractivity contribution in [2.75, 3.05) is 6.54 Å². The van der Waals surface area contributed by atoms with Crippen molar-refractivity contribution in [3.8, 4) is 0 Å². The van der Waals surface area contributed by atoms with E-state index in [-0.39, 0.29) is 11.9 Å². The lowest BCUT2D eigenvalue weighted by Gasteiger charge is -2.34. The normalized spacial score (nSPS) is 21.1. The lowest BCUT2D eigenvalue weighted by atomic mass is 10.00. The second-order valence-electron chi connectivity index (χ2n) is 6.69. The monoisotopic (exact) mass is 327 g/mol. The number of nitrogens with zero attached hydrogens (tertiary/aromatic N) is 5. The van der Waals surface area contributed by atoms with Gasteiger partial charge in [-0.25, -0.2) is 9.97 Å². The molecule has 24 heavy (non-hydrogen) atoms. The third-order valence-corrected chi connectivity index (χ3v) is 4.78. The Balaban J connectivity index is 1.61. The Hall–Kier alpha value is -2.31. The quantitative estimate of drug-likeness (QED) is 0.861. The summed E-state index contributed by atoms with van der Waals surface area (Å²) in [7, 11) is 0. The number of aryl methyl sites for hydroxylation is 2. The van der Waals surface area contributed by atoms with E-state index in [0.717, 1.165) is 38.0 Å². The second kappa shape index (κ2) is 5.96. The summed E-state index contributed by atoms with van der Waals surface area (Å²) in [4.78, 5) is 27.9. The van der Waals surface area contributed by atoms with Crippen LogP contribution >= 0.6 is 0 Å². The predicted molar refractivity (Wildman–Crippen MR) is 85.4 cm³/mol. The molecule has 1 unspecified atom stereocenters.